The summed E-state index contributed by atoms with van der Waals surface area (Å²) in [6.07, 6.45) is 1.83. The Labute approximate surface area is 169 Å². The summed E-state index contributed by atoms with van der Waals surface area (Å²) in [4.78, 5) is 14.9. The molecule has 8 heteroatoms. The molecule has 2 N–H and O–H groups in total. The number of fused-ring (bicyclic) bond motifs is 1. The molecule has 1 aromatic carbocycles. The summed E-state index contributed by atoms with van der Waals surface area (Å²) in [7, 11) is 0. The number of H-pyrrole nitrogens is 1. The Bertz CT molecular complexity index is 1010. The molecule has 0 atom stereocenters. The van der Waals surface area contributed by atoms with Gasteiger partial charge in [0.05, 0.1) is 12.2 Å². The number of aryl methyl sites for hydroxylation is 1. The highest BCUT2D eigenvalue weighted by Gasteiger charge is 2.29. The largest absolute Gasteiger partial charge is 0.337 e. The number of hydrogen-bond donors (Lipinski definition) is 2. The lowest BCUT2D eigenvalue weighted by atomic mass is 9.95. The Kier molecular flexibility index (Phi) is 4.63. The third-order valence-electron chi connectivity index (χ3n) is 5.95. The third-order valence-corrected chi connectivity index (χ3v) is 5.95. The second-order valence-corrected chi connectivity index (χ2v) is 7.90. The summed E-state index contributed by atoms with van der Waals surface area (Å²) in [6, 6.07) is 10.0. The number of amides is 1. The minimum absolute atomic E-state index is 0.0155. The van der Waals surface area contributed by atoms with E-state index in [-0.39, 0.29) is 5.91 Å². The molecule has 8 nitrogen and oxygen atoms in total. The van der Waals surface area contributed by atoms with E-state index in [2.05, 4.69) is 49.3 Å². The summed E-state index contributed by atoms with van der Waals surface area (Å²) < 4.78 is 2.25. The van der Waals surface area contributed by atoms with Crippen molar-refractivity contribution < 1.29 is 4.79 Å². The lowest BCUT2D eigenvalue weighted by molar-refractivity contribution is 0.0704. The summed E-state index contributed by atoms with van der Waals surface area (Å²) in [6.45, 7) is 6.17. The van der Waals surface area contributed by atoms with Crippen LogP contribution >= 0.6 is 0 Å². The lowest BCUT2D eigenvalue weighted by Crippen LogP contribution is -2.39. The Hall–Kier alpha value is -3.00. The van der Waals surface area contributed by atoms with E-state index in [9.17, 15) is 4.79 Å². The Morgan fingerprint density at radius 3 is 2.69 bits per heavy atom. The average Bonchev–Trinajstić information content (AvgIpc) is 3.42. The summed E-state index contributed by atoms with van der Waals surface area (Å²) in [5, 5.41) is 19.4. The van der Waals surface area contributed by atoms with Gasteiger partial charge in [0, 0.05) is 37.7 Å². The standard InChI is InChI=1S/C21H25N7O/c1-14-2-4-15(5-3-14)17-12-18(24-23-17)21(29)27-9-6-16(7-10-27)20-26-25-19-13-22-8-11-28(19)20/h2-5,12,16,22H,6-11,13H2,1H3,(H,23,24). The normalized spacial score (nSPS) is 17.3. The molecule has 0 unspecified atom stereocenters. The number of carbonyl (C=O) groups excluding carboxylic acids is 1. The molecule has 0 bridgehead atoms. The second-order valence-electron chi connectivity index (χ2n) is 7.90. The molecular weight excluding hydrogens is 366 g/mol. The van der Waals surface area contributed by atoms with Crippen LogP contribution in [0.5, 0.6) is 0 Å². The molecule has 3 aromatic rings. The van der Waals surface area contributed by atoms with E-state index in [0.29, 0.717) is 11.6 Å². The molecule has 0 spiro atoms. The molecule has 2 aliphatic heterocycles. The monoisotopic (exact) mass is 391 g/mol. The minimum Gasteiger partial charge on any atom is -0.337 e. The van der Waals surface area contributed by atoms with Gasteiger partial charge in [0.1, 0.15) is 17.3 Å². The maximum Gasteiger partial charge on any atom is 0.271 e. The molecule has 4 heterocycles. The van der Waals surface area contributed by atoms with Crippen LogP contribution in [0.3, 0.4) is 0 Å². The SMILES string of the molecule is Cc1ccc(-c2cc(C(=O)N3CCC(c4nnc5n4CCNC5)CC3)[nH]n2)cc1. The minimum atomic E-state index is 0.0155. The number of likely N-dealkylation sites (tertiary alicyclic amines) is 1. The summed E-state index contributed by atoms with van der Waals surface area (Å²) in [5.41, 5.74) is 3.56. The topological polar surface area (TPSA) is 91.7 Å². The van der Waals surface area contributed by atoms with Crippen molar-refractivity contribution in [1.29, 1.82) is 0 Å². The van der Waals surface area contributed by atoms with Gasteiger partial charge in [0.2, 0.25) is 0 Å². The van der Waals surface area contributed by atoms with Crippen molar-refractivity contribution in [3.63, 3.8) is 0 Å². The number of nitrogens with one attached hydrogen (secondary N) is 2. The summed E-state index contributed by atoms with van der Waals surface area (Å²) in [5.74, 6) is 2.48. The van der Waals surface area contributed by atoms with Crippen molar-refractivity contribution in [2.24, 2.45) is 0 Å². The first-order valence-electron chi connectivity index (χ1n) is 10.2. The van der Waals surface area contributed by atoms with Crippen LogP contribution in [0.1, 0.15) is 46.5 Å². The van der Waals surface area contributed by atoms with Crippen LogP contribution in [-0.2, 0) is 13.1 Å². The zero-order chi connectivity index (χ0) is 19.8. The van der Waals surface area contributed by atoms with E-state index in [0.717, 1.165) is 68.5 Å². The van der Waals surface area contributed by atoms with E-state index in [4.69, 9.17) is 0 Å². The number of aromatic amines is 1. The number of carbonyl (C=O) groups is 1. The smallest absolute Gasteiger partial charge is 0.271 e. The highest BCUT2D eigenvalue weighted by molar-refractivity contribution is 5.93. The molecule has 2 aromatic heterocycles. The molecule has 29 heavy (non-hydrogen) atoms. The van der Waals surface area contributed by atoms with Crippen molar-refractivity contribution in [3.8, 4) is 11.3 Å². The highest BCUT2D eigenvalue weighted by atomic mass is 16.2. The van der Waals surface area contributed by atoms with Crippen molar-refractivity contribution in [3.05, 3.63) is 53.2 Å². The fourth-order valence-electron chi connectivity index (χ4n) is 4.23. The fraction of sp³-hybridized carbons (Fsp3) is 0.429. The Morgan fingerprint density at radius 1 is 1.10 bits per heavy atom. The number of hydrogen-bond acceptors (Lipinski definition) is 5. The fourth-order valence-corrected chi connectivity index (χ4v) is 4.23. The number of benzene rings is 1. The quantitative estimate of drug-likeness (QED) is 0.713. The maximum absolute atomic E-state index is 12.9. The van der Waals surface area contributed by atoms with E-state index < -0.39 is 0 Å². The number of piperidine rings is 1. The predicted molar refractivity (Wildman–Crippen MR) is 108 cm³/mol. The molecule has 1 saturated heterocycles. The van der Waals surface area contributed by atoms with Crippen LogP contribution in [0.4, 0.5) is 0 Å². The van der Waals surface area contributed by atoms with Gasteiger partial charge in [-0.15, -0.1) is 10.2 Å². The van der Waals surface area contributed by atoms with Crippen molar-refractivity contribution in [1.82, 2.24) is 35.2 Å². The molecule has 0 saturated carbocycles. The van der Waals surface area contributed by atoms with Crippen molar-refractivity contribution >= 4 is 5.91 Å². The predicted octanol–water partition coefficient (Wildman–Crippen LogP) is 2.10. The van der Waals surface area contributed by atoms with Crippen LogP contribution in [0.2, 0.25) is 0 Å². The molecule has 1 amide bonds. The third kappa shape index (κ3) is 3.44. The molecular formula is C21H25N7O. The lowest BCUT2D eigenvalue weighted by Gasteiger charge is -2.31. The van der Waals surface area contributed by atoms with E-state index in [1.54, 1.807) is 0 Å². The van der Waals surface area contributed by atoms with Gasteiger partial charge in [0.15, 0.2) is 0 Å². The molecule has 150 valence electrons. The van der Waals surface area contributed by atoms with Gasteiger partial charge in [-0.2, -0.15) is 5.10 Å². The van der Waals surface area contributed by atoms with Crippen molar-refractivity contribution in [2.45, 2.75) is 38.8 Å². The first kappa shape index (κ1) is 18.1. The van der Waals surface area contributed by atoms with E-state index in [1.165, 1.54) is 5.56 Å². The number of nitrogens with zero attached hydrogens (tertiary/aromatic N) is 5. The van der Waals surface area contributed by atoms with Gasteiger partial charge in [0.25, 0.3) is 5.91 Å². The molecule has 1 fully saturated rings. The van der Waals surface area contributed by atoms with Crippen LogP contribution < -0.4 is 5.32 Å². The molecule has 5 rings (SSSR count). The van der Waals surface area contributed by atoms with E-state index >= 15 is 0 Å². The number of rotatable bonds is 3. The van der Waals surface area contributed by atoms with Crippen molar-refractivity contribution in [2.75, 3.05) is 19.6 Å². The maximum atomic E-state index is 12.9. The van der Waals surface area contributed by atoms with Gasteiger partial charge in [-0.1, -0.05) is 29.8 Å². The first-order chi connectivity index (χ1) is 14.2. The zero-order valence-electron chi connectivity index (χ0n) is 16.6. The first-order valence-corrected chi connectivity index (χ1v) is 10.2. The Morgan fingerprint density at radius 2 is 1.90 bits per heavy atom. The van der Waals surface area contributed by atoms with Gasteiger partial charge >= 0.3 is 0 Å². The van der Waals surface area contributed by atoms with Gasteiger partial charge in [-0.3, -0.25) is 9.89 Å². The highest BCUT2D eigenvalue weighted by Crippen LogP contribution is 2.29. The van der Waals surface area contributed by atoms with Crippen LogP contribution in [0, 0.1) is 6.92 Å². The average molecular weight is 391 g/mol. The molecule has 0 radical (unpaired) electrons. The van der Waals surface area contributed by atoms with Crippen LogP contribution in [-0.4, -0.2) is 55.4 Å². The van der Waals surface area contributed by atoms with Gasteiger partial charge in [-0.05, 0) is 25.8 Å². The number of aromatic nitrogens is 5. The van der Waals surface area contributed by atoms with Gasteiger partial charge < -0.3 is 14.8 Å². The second kappa shape index (κ2) is 7.44. The molecule has 2 aliphatic rings. The van der Waals surface area contributed by atoms with Crippen LogP contribution in [0.25, 0.3) is 11.3 Å². The van der Waals surface area contributed by atoms with Crippen LogP contribution in [0.15, 0.2) is 30.3 Å². The Balaban J connectivity index is 1.25. The zero-order valence-corrected chi connectivity index (χ0v) is 16.6. The summed E-state index contributed by atoms with van der Waals surface area (Å²) >= 11 is 0. The molecule has 0 aliphatic carbocycles. The van der Waals surface area contributed by atoms with E-state index in [1.807, 2.05) is 23.1 Å². The van der Waals surface area contributed by atoms with Gasteiger partial charge in [-0.25, -0.2) is 0 Å².